The van der Waals surface area contributed by atoms with Crippen molar-refractivity contribution < 1.29 is 9.18 Å². The quantitative estimate of drug-likeness (QED) is 0.664. The lowest BCUT2D eigenvalue weighted by Gasteiger charge is -1.97. The molecule has 0 aliphatic carbocycles. The third-order valence-corrected chi connectivity index (χ3v) is 2.70. The molecule has 0 aliphatic rings. The zero-order chi connectivity index (χ0) is 14.5. The zero-order valence-corrected chi connectivity index (χ0v) is 11.2. The van der Waals surface area contributed by atoms with Crippen molar-refractivity contribution in [3.8, 4) is 0 Å². The Morgan fingerprint density at radius 1 is 1.40 bits per heavy atom. The second-order valence-electron chi connectivity index (χ2n) is 4.61. The van der Waals surface area contributed by atoms with Crippen LogP contribution < -0.4 is 5.43 Å². The van der Waals surface area contributed by atoms with Crippen LogP contribution in [-0.2, 0) is 0 Å². The monoisotopic (exact) mass is 274 g/mol. The number of nitrogens with one attached hydrogen (secondary N) is 2. The predicted octanol–water partition coefficient (Wildman–Crippen LogP) is 2.44. The average Bonchev–Trinajstić information content (AvgIpc) is 2.91. The minimum absolute atomic E-state index is 0.270. The smallest absolute Gasteiger partial charge is 0.282 e. The Labute approximate surface area is 115 Å². The van der Waals surface area contributed by atoms with Crippen LogP contribution in [0.15, 0.2) is 35.4 Å². The number of amides is 1. The molecule has 1 aromatic carbocycles. The van der Waals surface area contributed by atoms with Crippen LogP contribution in [0.4, 0.5) is 4.39 Å². The van der Waals surface area contributed by atoms with Crippen LogP contribution in [-0.4, -0.2) is 22.3 Å². The summed E-state index contributed by atoms with van der Waals surface area (Å²) in [5.41, 5.74) is 4.23. The van der Waals surface area contributed by atoms with E-state index in [4.69, 9.17) is 0 Å². The van der Waals surface area contributed by atoms with E-state index in [9.17, 15) is 9.18 Å². The number of hydrogen-bond donors (Lipinski definition) is 2. The molecule has 6 heteroatoms. The van der Waals surface area contributed by atoms with E-state index in [2.05, 4.69) is 20.7 Å². The lowest BCUT2D eigenvalue weighted by atomic mass is 10.1. The number of hydrazone groups is 1. The maximum Gasteiger partial charge on any atom is 0.291 e. The lowest BCUT2D eigenvalue weighted by molar-refractivity contribution is 0.0950. The number of aromatic nitrogens is 2. The van der Waals surface area contributed by atoms with E-state index in [-0.39, 0.29) is 17.4 Å². The molecule has 1 heterocycles. The Hall–Kier alpha value is -2.50. The predicted molar refractivity (Wildman–Crippen MR) is 74.1 cm³/mol. The van der Waals surface area contributed by atoms with Gasteiger partial charge in [-0.15, -0.1) is 0 Å². The molecular formula is C14H15FN4O. The molecule has 0 unspecified atom stereocenters. The summed E-state index contributed by atoms with van der Waals surface area (Å²) in [5, 5.41) is 10.5. The Kier molecular flexibility index (Phi) is 4.24. The number of carbonyl (C=O) groups is 1. The molecule has 0 saturated carbocycles. The number of halogens is 1. The van der Waals surface area contributed by atoms with E-state index < -0.39 is 5.91 Å². The average molecular weight is 274 g/mol. The molecule has 2 N–H and O–H groups in total. The first-order valence-corrected chi connectivity index (χ1v) is 6.20. The number of benzene rings is 1. The summed E-state index contributed by atoms with van der Waals surface area (Å²) < 4.78 is 12.7. The highest BCUT2D eigenvalue weighted by Crippen LogP contribution is 2.11. The van der Waals surface area contributed by atoms with Crippen molar-refractivity contribution in [2.45, 2.75) is 19.8 Å². The molecule has 2 rings (SSSR count). The van der Waals surface area contributed by atoms with Crippen molar-refractivity contribution in [3.05, 3.63) is 53.1 Å². The van der Waals surface area contributed by atoms with E-state index in [1.165, 1.54) is 18.3 Å². The van der Waals surface area contributed by atoms with Gasteiger partial charge in [-0.2, -0.15) is 10.2 Å². The highest BCUT2D eigenvalue weighted by atomic mass is 19.1. The molecule has 104 valence electrons. The van der Waals surface area contributed by atoms with Crippen molar-refractivity contribution in [2.75, 3.05) is 0 Å². The zero-order valence-electron chi connectivity index (χ0n) is 11.2. The van der Waals surface area contributed by atoms with Gasteiger partial charge in [0.25, 0.3) is 5.91 Å². The normalized spacial score (nSPS) is 11.2. The van der Waals surface area contributed by atoms with Gasteiger partial charge in [-0.3, -0.25) is 9.89 Å². The minimum Gasteiger partial charge on any atom is -0.282 e. The number of hydrogen-bond acceptors (Lipinski definition) is 3. The van der Waals surface area contributed by atoms with Crippen molar-refractivity contribution >= 4 is 12.1 Å². The van der Waals surface area contributed by atoms with E-state index in [0.717, 1.165) is 5.69 Å². The van der Waals surface area contributed by atoms with Crippen LogP contribution in [0.2, 0.25) is 0 Å². The SMILES string of the molecule is CC(C)c1cc(C(=O)N/N=C/c2ccc(F)cc2)n[nH]1. The summed E-state index contributed by atoms with van der Waals surface area (Å²) in [6.45, 7) is 4.00. The van der Waals surface area contributed by atoms with Crippen LogP contribution in [0, 0.1) is 5.82 Å². The van der Waals surface area contributed by atoms with Crippen LogP contribution in [0.3, 0.4) is 0 Å². The molecule has 2 aromatic rings. The summed E-state index contributed by atoms with van der Waals surface area (Å²) in [7, 11) is 0. The molecule has 0 atom stereocenters. The summed E-state index contributed by atoms with van der Waals surface area (Å²) in [6.07, 6.45) is 1.44. The van der Waals surface area contributed by atoms with Gasteiger partial charge >= 0.3 is 0 Å². The molecule has 0 saturated heterocycles. The van der Waals surface area contributed by atoms with Crippen LogP contribution >= 0.6 is 0 Å². The maximum absolute atomic E-state index is 12.7. The van der Waals surface area contributed by atoms with Gasteiger partial charge in [0.2, 0.25) is 0 Å². The van der Waals surface area contributed by atoms with Gasteiger partial charge in [0.05, 0.1) is 6.21 Å². The van der Waals surface area contributed by atoms with Crippen molar-refractivity contribution in [3.63, 3.8) is 0 Å². The summed E-state index contributed by atoms with van der Waals surface area (Å²) in [5.74, 6) is -0.442. The third-order valence-electron chi connectivity index (χ3n) is 2.70. The number of aromatic amines is 1. The summed E-state index contributed by atoms with van der Waals surface area (Å²) >= 11 is 0. The Morgan fingerprint density at radius 2 is 2.10 bits per heavy atom. The molecule has 0 aliphatic heterocycles. The molecule has 0 bridgehead atoms. The van der Waals surface area contributed by atoms with Crippen molar-refractivity contribution in [2.24, 2.45) is 5.10 Å². The molecule has 0 fully saturated rings. The Bertz CT molecular complexity index is 616. The standard InChI is InChI=1S/C14H15FN4O/c1-9(2)12-7-13(18-17-12)14(20)19-16-8-10-3-5-11(15)6-4-10/h3-9H,1-2H3,(H,17,18)(H,19,20)/b16-8+. The lowest BCUT2D eigenvalue weighted by Crippen LogP contribution is -2.18. The van der Waals surface area contributed by atoms with E-state index in [1.54, 1.807) is 18.2 Å². The molecular weight excluding hydrogens is 259 g/mol. The first-order valence-electron chi connectivity index (χ1n) is 6.20. The molecule has 5 nitrogen and oxygen atoms in total. The number of rotatable bonds is 4. The van der Waals surface area contributed by atoms with Gasteiger partial charge < -0.3 is 0 Å². The van der Waals surface area contributed by atoms with Crippen LogP contribution in [0.1, 0.15) is 41.5 Å². The highest BCUT2D eigenvalue weighted by molar-refractivity contribution is 5.93. The topological polar surface area (TPSA) is 70.1 Å². The van der Waals surface area contributed by atoms with Crippen molar-refractivity contribution in [1.82, 2.24) is 15.6 Å². The van der Waals surface area contributed by atoms with E-state index in [0.29, 0.717) is 5.56 Å². The fraction of sp³-hybridized carbons (Fsp3) is 0.214. The number of nitrogens with zero attached hydrogens (tertiary/aromatic N) is 2. The largest absolute Gasteiger partial charge is 0.291 e. The first kappa shape index (κ1) is 13.9. The molecule has 1 amide bonds. The van der Waals surface area contributed by atoms with Crippen molar-refractivity contribution in [1.29, 1.82) is 0 Å². The first-order chi connectivity index (χ1) is 9.56. The third kappa shape index (κ3) is 3.50. The Morgan fingerprint density at radius 3 is 2.70 bits per heavy atom. The van der Waals surface area contributed by atoms with Gasteiger partial charge in [-0.1, -0.05) is 26.0 Å². The van der Waals surface area contributed by atoms with Gasteiger partial charge in [-0.25, -0.2) is 9.82 Å². The second kappa shape index (κ2) is 6.10. The van der Waals surface area contributed by atoms with Gasteiger partial charge in [0, 0.05) is 5.69 Å². The molecule has 0 spiro atoms. The van der Waals surface area contributed by atoms with Gasteiger partial charge in [-0.05, 0) is 29.7 Å². The highest BCUT2D eigenvalue weighted by Gasteiger charge is 2.10. The summed E-state index contributed by atoms with van der Waals surface area (Å²) in [6, 6.07) is 7.47. The van der Waals surface area contributed by atoms with Crippen LogP contribution in [0.25, 0.3) is 0 Å². The summed E-state index contributed by atoms with van der Waals surface area (Å²) in [4.78, 5) is 11.8. The van der Waals surface area contributed by atoms with Gasteiger partial charge in [0.1, 0.15) is 5.82 Å². The maximum atomic E-state index is 12.7. The number of carbonyl (C=O) groups excluding carboxylic acids is 1. The fourth-order valence-electron chi connectivity index (χ4n) is 1.52. The second-order valence-corrected chi connectivity index (χ2v) is 4.61. The van der Waals surface area contributed by atoms with Crippen LogP contribution in [0.5, 0.6) is 0 Å². The molecule has 1 aromatic heterocycles. The Balaban J connectivity index is 1.95. The molecule has 20 heavy (non-hydrogen) atoms. The van der Waals surface area contributed by atoms with E-state index >= 15 is 0 Å². The fourth-order valence-corrected chi connectivity index (χ4v) is 1.52. The minimum atomic E-state index is -0.397. The molecule has 0 radical (unpaired) electrons. The van der Waals surface area contributed by atoms with E-state index in [1.807, 2.05) is 13.8 Å². The van der Waals surface area contributed by atoms with Gasteiger partial charge in [0.15, 0.2) is 5.69 Å². The number of H-pyrrole nitrogens is 1.